The van der Waals surface area contributed by atoms with E-state index in [4.69, 9.17) is 10.5 Å². The number of amides is 1. The van der Waals surface area contributed by atoms with Gasteiger partial charge in [0.2, 0.25) is 5.91 Å². The highest BCUT2D eigenvalue weighted by Gasteiger charge is 2.34. The average molecular weight is 304 g/mol. The molecule has 0 aromatic heterocycles. The van der Waals surface area contributed by atoms with Gasteiger partial charge in [-0.25, -0.2) is 0 Å². The highest BCUT2D eigenvalue weighted by molar-refractivity contribution is 5.76. The number of aryl methyl sites for hydroxylation is 1. The standard InChI is InChI=1S/C18H28N2O2/c1-18(2)13-20(12-11-16(18)19)17(21)6-4-5-14-7-9-15(22-3)10-8-14/h7-10,16H,4-6,11-13,19H2,1-3H3. The molecule has 1 saturated heterocycles. The number of hydrogen-bond acceptors (Lipinski definition) is 3. The van der Waals surface area contributed by atoms with E-state index in [1.165, 1.54) is 5.56 Å². The topological polar surface area (TPSA) is 55.6 Å². The zero-order valence-corrected chi connectivity index (χ0v) is 14.0. The molecule has 2 rings (SSSR count). The third kappa shape index (κ3) is 4.23. The van der Waals surface area contributed by atoms with Crippen LogP contribution in [-0.2, 0) is 11.2 Å². The summed E-state index contributed by atoms with van der Waals surface area (Å²) in [6.45, 7) is 5.87. The number of carbonyl (C=O) groups is 1. The van der Waals surface area contributed by atoms with Gasteiger partial charge in [0.15, 0.2) is 0 Å². The lowest BCUT2D eigenvalue weighted by atomic mass is 9.79. The Bertz CT molecular complexity index is 496. The first-order valence-corrected chi connectivity index (χ1v) is 8.08. The Morgan fingerprint density at radius 3 is 2.64 bits per heavy atom. The molecule has 1 aromatic rings. The lowest BCUT2D eigenvalue weighted by Crippen LogP contribution is -2.53. The molecular weight excluding hydrogens is 276 g/mol. The summed E-state index contributed by atoms with van der Waals surface area (Å²) >= 11 is 0. The summed E-state index contributed by atoms with van der Waals surface area (Å²) in [5, 5.41) is 0. The van der Waals surface area contributed by atoms with Gasteiger partial charge in [0, 0.05) is 25.6 Å². The summed E-state index contributed by atoms with van der Waals surface area (Å²) in [5.74, 6) is 1.13. The van der Waals surface area contributed by atoms with Gasteiger partial charge < -0.3 is 15.4 Å². The van der Waals surface area contributed by atoms with Crippen LogP contribution in [0.1, 0.15) is 38.7 Å². The Hall–Kier alpha value is -1.55. The van der Waals surface area contributed by atoms with Crippen molar-refractivity contribution in [3.05, 3.63) is 29.8 Å². The molecule has 0 aliphatic carbocycles. The van der Waals surface area contributed by atoms with Crippen LogP contribution in [0.25, 0.3) is 0 Å². The van der Waals surface area contributed by atoms with Gasteiger partial charge in [-0.3, -0.25) is 4.79 Å². The number of likely N-dealkylation sites (tertiary alicyclic amines) is 1. The first-order valence-electron chi connectivity index (χ1n) is 8.08. The lowest BCUT2D eigenvalue weighted by Gasteiger charge is -2.42. The third-order valence-corrected chi connectivity index (χ3v) is 4.68. The summed E-state index contributed by atoms with van der Waals surface area (Å²) < 4.78 is 5.15. The van der Waals surface area contributed by atoms with E-state index < -0.39 is 0 Å². The molecule has 0 saturated carbocycles. The summed E-state index contributed by atoms with van der Waals surface area (Å²) in [5.41, 5.74) is 7.39. The van der Waals surface area contributed by atoms with Crippen LogP contribution in [0, 0.1) is 5.41 Å². The second kappa shape index (κ2) is 7.14. The predicted molar refractivity (Wildman–Crippen MR) is 88.9 cm³/mol. The van der Waals surface area contributed by atoms with Crippen molar-refractivity contribution in [1.29, 1.82) is 0 Å². The smallest absolute Gasteiger partial charge is 0.222 e. The minimum atomic E-state index is 0.0178. The third-order valence-electron chi connectivity index (χ3n) is 4.68. The molecule has 0 bridgehead atoms. The van der Waals surface area contributed by atoms with E-state index in [1.807, 2.05) is 17.0 Å². The van der Waals surface area contributed by atoms with Crippen molar-refractivity contribution < 1.29 is 9.53 Å². The average Bonchev–Trinajstić information content (AvgIpc) is 2.50. The highest BCUT2D eigenvalue weighted by Crippen LogP contribution is 2.28. The summed E-state index contributed by atoms with van der Waals surface area (Å²) in [4.78, 5) is 14.3. The maximum atomic E-state index is 12.3. The molecule has 1 aromatic carbocycles. The molecule has 1 fully saturated rings. The van der Waals surface area contributed by atoms with Crippen molar-refractivity contribution in [2.24, 2.45) is 11.1 Å². The van der Waals surface area contributed by atoms with E-state index in [-0.39, 0.29) is 17.4 Å². The molecule has 4 heteroatoms. The molecule has 1 aliphatic heterocycles. The number of rotatable bonds is 5. The summed E-state index contributed by atoms with van der Waals surface area (Å²) in [6, 6.07) is 8.24. The van der Waals surface area contributed by atoms with Crippen molar-refractivity contribution >= 4 is 5.91 Å². The number of benzene rings is 1. The molecular formula is C18H28N2O2. The van der Waals surface area contributed by atoms with Gasteiger partial charge in [0.1, 0.15) is 5.75 Å². The lowest BCUT2D eigenvalue weighted by molar-refractivity contribution is -0.134. The van der Waals surface area contributed by atoms with E-state index in [1.54, 1.807) is 7.11 Å². The number of carbonyl (C=O) groups excluding carboxylic acids is 1. The van der Waals surface area contributed by atoms with E-state index in [9.17, 15) is 4.79 Å². The van der Waals surface area contributed by atoms with Crippen LogP contribution >= 0.6 is 0 Å². The molecule has 1 aliphatic rings. The Morgan fingerprint density at radius 2 is 2.05 bits per heavy atom. The fourth-order valence-corrected chi connectivity index (χ4v) is 2.98. The van der Waals surface area contributed by atoms with Crippen molar-refractivity contribution in [3.8, 4) is 5.75 Å². The minimum Gasteiger partial charge on any atom is -0.497 e. The molecule has 0 radical (unpaired) electrons. The van der Waals surface area contributed by atoms with E-state index in [0.717, 1.165) is 38.1 Å². The van der Waals surface area contributed by atoms with Crippen LogP contribution in [0.2, 0.25) is 0 Å². The van der Waals surface area contributed by atoms with Gasteiger partial charge in [-0.1, -0.05) is 26.0 Å². The molecule has 1 heterocycles. The van der Waals surface area contributed by atoms with Gasteiger partial charge in [-0.05, 0) is 42.4 Å². The number of hydrogen-bond donors (Lipinski definition) is 1. The highest BCUT2D eigenvalue weighted by atomic mass is 16.5. The number of nitrogens with zero attached hydrogens (tertiary/aromatic N) is 1. The van der Waals surface area contributed by atoms with E-state index >= 15 is 0 Å². The molecule has 122 valence electrons. The quantitative estimate of drug-likeness (QED) is 0.909. The summed E-state index contributed by atoms with van der Waals surface area (Å²) in [7, 11) is 1.67. The molecule has 1 amide bonds. The zero-order valence-electron chi connectivity index (χ0n) is 14.0. The Kier molecular flexibility index (Phi) is 5.46. The Labute approximate surface area is 133 Å². The maximum Gasteiger partial charge on any atom is 0.222 e. The van der Waals surface area contributed by atoms with Crippen LogP contribution in [0.3, 0.4) is 0 Å². The van der Waals surface area contributed by atoms with Crippen LogP contribution in [0.4, 0.5) is 0 Å². The summed E-state index contributed by atoms with van der Waals surface area (Å²) in [6.07, 6.45) is 3.31. The Balaban J connectivity index is 1.78. The van der Waals surface area contributed by atoms with Gasteiger partial charge in [-0.2, -0.15) is 0 Å². The second-order valence-corrected chi connectivity index (χ2v) is 6.90. The van der Waals surface area contributed by atoms with E-state index in [0.29, 0.717) is 6.42 Å². The monoisotopic (exact) mass is 304 g/mol. The van der Waals surface area contributed by atoms with Gasteiger partial charge >= 0.3 is 0 Å². The number of ether oxygens (including phenoxy) is 1. The molecule has 0 spiro atoms. The first-order chi connectivity index (χ1) is 10.4. The van der Waals surface area contributed by atoms with Gasteiger partial charge in [0.25, 0.3) is 0 Å². The van der Waals surface area contributed by atoms with E-state index in [2.05, 4.69) is 26.0 Å². The van der Waals surface area contributed by atoms with Crippen molar-refractivity contribution in [1.82, 2.24) is 4.90 Å². The van der Waals surface area contributed by atoms with Crippen LogP contribution in [-0.4, -0.2) is 37.0 Å². The fourth-order valence-electron chi connectivity index (χ4n) is 2.98. The largest absolute Gasteiger partial charge is 0.497 e. The van der Waals surface area contributed by atoms with Crippen LogP contribution in [0.5, 0.6) is 5.75 Å². The second-order valence-electron chi connectivity index (χ2n) is 6.90. The van der Waals surface area contributed by atoms with Crippen LogP contribution < -0.4 is 10.5 Å². The maximum absolute atomic E-state index is 12.3. The van der Waals surface area contributed by atoms with Gasteiger partial charge in [-0.15, -0.1) is 0 Å². The van der Waals surface area contributed by atoms with Gasteiger partial charge in [0.05, 0.1) is 7.11 Å². The Morgan fingerprint density at radius 1 is 1.36 bits per heavy atom. The first kappa shape index (κ1) is 16.8. The van der Waals surface area contributed by atoms with Crippen molar-refractivity contribution in [3.63, 3.8) is 0 Å². The molecule has 4 nitrogen and oxygen atoms in total. The van der Waals surface area contributed by atoms with Crippen molar-refractivity contribution in [2.45, 2.75) is 45.6 Å². The normalized spacial score (nSPS) is 20.7. The zero-order chi connectivity index (χ0) is 16.2. The molecule has 1 atom stereocenters. The minimum absolute atomic E-state index is 0.0178. The molecule has 1 unspecified atom stereocenters. The van der Waals surface area contributed by atoms with Crippen molar-refractivity contribution in [2.75, 3.05) is 20.2 Å². The molecule has 22 heavy (non-hydrogen) atoms. The number of methoxy groups -OCH3 is 1. The number of piperidine rings is 1. The SMILES string of the molecule is COc1ccc(CCCC(=O)N2CCC(N)C(C)(C)C2)cc1. The van der Waals surface area contributed by atoms with Crippen LogP contribution in [0.15, 0.2) is 24.3 Å². The number of nitrogens with two attached hydrogens (primary N) is 1. The predicted octanol–water partition coefficient (Wildman–Crippen LogP) is 2.60. The fraction of sp³-hybridized carbons (Fsp3) is 0.611. The molecule has 2 N–H and O–H groups in total.